The van der Waals surface area contributed by atoms with Crippen LogP contribution in [0, 0.1) is 17.2 Å². The predicted octanol–water partition coefficient (Wildman–Crippen LogP) is 2.29. The molecule has 2 rings (SSSR count). The zero-order chi connectivity index (χ0) is 13.2. The van der Waals surface area contributed by atoms with Crippen molar-refractivity contribution in [2.75, 3.05) is 6.54 Å². The molecule has 0 spiro atoms. The molecule has 0 unspecified atom stereocenters. The van der Waals surface area contributed by atoms with Gasteiger partial charge in [-0.15, -0.1) is 0 Å². The third kappa shape index (κ3) is 2.83. The number of halogens is 1. The molecule has 1 aromatic carbocycles. The van der Waals surface area contributed by atoms with Crippen LogP contribution in [0.15, 0.2) is 23.1 Å². The molecule has 0 bridgehead atoms. The minimum Gasteiger partial charge on any atom is -0.211 e. The highest BCUT2D eigenvalue weighted by Crippen LogP contribution is 2.27. The molecule has 0 aliphatic heterocycles. The van der Waals surface area contributed by atoms with Crippen molar-refractivity contribution in [1.29, 1.82) is 5.26 Å². The van der Waals surface area contributed by atoms with Crippen LogP contribution in [-0.4, -0.2) is 15.0 Å². The van der Waals surface area contributed by atoms with E-state index in [9.17, 15) is 8.42 Å². The highest BCUT2D eigenvalue weighted by atomic mass is 35.5. The summed E-state index contributed by atoms with van der Waals surface area (Å²) in [6.07, 6.45) is 3.32. The third-order valence-electron chi connectivity index (χ3n) is 3.14. The molecule has 4 nitrogen and oxygen atoms in total. The molecule has 1 fully saturated rings. The highest BCUT2D eigenvalue weighted by Gasteiger charge is 2.22. The van der Waals surface area contributed by atoms with Gasteiger partial charge in [0.1, 0.15) is 4.90 Å². The summed E-state index contributed by atoms with van der Waals surface area (Å²) >= 11 is 5.89. The van der Waals surface area contributed by atoms with E-state index in [-0.39, 0.29) is 9.92 Å². The Bertz CT molecular complexity index is 589. The molecular formula is C12H13ClN2O2S. The summed E-state index contributed by atoms with van der Waals surface area (Å²) in [7, 11) is -3.58. The first-order valence-electron chi connectivity index (χ1n) is 5.72. The third-order valence-corrected chi connectivity index (χ3v) is 5.04. The Labute approximate surface area is 112 Å². The lowest BCUT2D eigenvalue weighted by Crippen LogP contribution is -2.32. The van der Waals surface area contributed by atoms with E-state index in [0.717, 1.165) is 12.8 Å². The molecule has 1 aliphatic carbocycles. The van der Waals surface area contributed by atoms with E-state index in [4.69, 9.17) is 16.9 Å². The number of hydrogen-bond donors (Lipinski definition) is 1. The zero-order valence-corrected chi connectivity index (χ0v) is 11.3. The summed E-state index contributed by atoms with van der Waals surface area (Å²) in [5.41, 5.74) is 0.345. The van der Waals surface area contributed by atoms with E-state index in [1.807, 2.05) is 6.07 Å². The van der Waals surface area contributed by atoms with Crippen LogP contribution in [0.25, 0.3) is 0 Å². The second-order valence-electron chi connectivity index (χ2n) is 4.41. The monoisotopic (exact) mass is 284 g/mol. The van der Waals surface area contributed by atoms with Crippen LogP contribution in [0.1, 0.15) is 24.8 Å². The molecule has 0 atom stereocenters. The second kappa shape index (κ2) is 5.27. The molecule has 1 aromatic rings. The lowest BCUT2D eigenvalue weighted by Gasteiger charge is -2.25. The standard InChI is InChI=1S/C12H13ClN2O2S/c13-11-6-10(7-14)4-5-12(11)18(16,17)15-8-9-2-1-3-9/h4-6,9,15H,1-3,8H2. The van der Waals surface area contributed by atoms with Gasteiger partial charge in [0.25, 0.3) is 0 Å². The lowest BCUT2D eigenvalue weighted by molar-refractivity contribution is 0.316. The van der Waals surface area contributed by atoms with Crippen LogP contribution in [-0.2, 0) is 10.0 Å². The summed E-state index contributed by atoms with van der Waals surface area (Å²) in [5.74, 6) is 0.442. The van der Waals surface area contributed by atoms with Crippen molar-refractivity contribution in [1.82, 2.24) is 4.72 Å². The highest BCUT2D eigenvalue weighted by molar-refractivity contribution is 7.89. The van der Waals surface area contributed by atoms with Crippen LogP contribution < -0.4 is 4.72 Å². The predicted molar refractivity (Wildman–Crippen MR) is 68.7 cm³/mol. The van der Waals surface area contributed by atoms with Crippen LogP contribution in [0.3, 0.4) is 0 Å². The number of sulfonamides is 1. The number of hydrogen-bond acceptors (Lipinski definition) is 3. The maximum atomic E-state index is 12.0. The van der Waals surface area contributed by atoms with Gasteiger partial charge in [0, 0.05) is 6.54 Å². The topological polar surface area (TPSA) is 70.0 Å². The number of rotatable bonds is 4. The summed E-state index contributed by atoms with van der Waals surface area (Å²) in [5, 5.41) is 8.78. The zero-order valence-electron chi connectivity index (χ0n) is 9.69. The molecule has 6 heteroatoms. The first kappa shape index (κ1) is 13.3. The quantitative estimate of drug-likeness (QED) is 0.922. The van der Waals surface area contributed by atoms with E-state index in [1.54, 1.807) is 0 Å². The fourth-order valence-electron chi connectivity index (χ4n) is 1.79. The van der Waals surface area contributed by atoms with Crippen molar-refractivity contribution in [2.45, 2.75) is 24.2 Å². The number of benzene rings is 1. The molecule has 0 aromatic heterocycles. The minimum atomic E-state index is -3.58. The van der Waals surface area contributed by atoms with E-state index >= 15 is 0 Å². The molecule has 0 saturated heterocycles. The Morgan fingerprint density at radius 1 is 1.44 bits per heavy atom. The Hall–Kier alpha value is -1.09. The van der Waals surface area contributed by atoms with Gasteiger partial charge in [-0.05, 0) is 37.0 Å². The van der Waals surface area contributed by atoms with E-state index < -0.39 is 10.0 Å². The van der Waals surface area contributed by atoms with Gasteiger partial charge in [0.15, 0.2) is 0 Å². The minimum absolute atomic E-state index is 0.0301. The van der Waals surface area contributed by atoms with Gasteiger partial charge < -0.3 is 0 Å². The fourth-order valence-corrected chi connectivity index (χ4v) is 3.45. The molecule has 0 radical (unpaired) electrons. The average Bonchev–Trinajstić information content (AvgIpc) is 2.26. The number of nitrogens with zero attached hydrogens (tertiary/aromatic N) is 1. The van der Waals surface area contributed by atoms with Crippen molar-refractivity contribution >= 4 is 21.6 Å². The summed E-state index contributed by atoms with van der Waals surface area (Å²) in [4.78, 5) is 0.0301. The number of nitriles is 1. The van der Waals surface area contributed by atoms with Crippen LogP contribution in [0.2, 0.25) is 5.02 Å². The molecule has 0 amide bonds. The normalized spacial score (nSPS) is 16.0. The van der Waals surface area contributed by atoms with Crippen molar-refractivity contribution < 1.29 is 8.42 Å². The second-order valence-corrected chi connectivity index (χ2v) is 6.55. The van der Waals surface area contributed by atoms with Crippen molar-refractivity contribution in [3.05, 3.63) is 28.8 Å². The largest absolute Gasteiger partial charge is 0.242 e. The van der Waals surface area contributed by atoms with Crippen molar-refractivity contribution in [2.24, 2.45) is 5.92 Å². The van der Waals surface area contributed by atoms with Gasteiger partial charge in [-0.2, -0.15) is 5.26 Å². The van der Waals surface area contributed by atoms with Gasteiger partial charge >= 0.3 is 0 Å². The fraction of sp³-hybridized carbons (Fsp3) is 0.417. The SMILES string of the molecule is N#Cc1ccc(S(=O)(=O)NCC2CCC2)c(Cl)c1. The van der Waals surface area contributed by atoms with Crippen molar-refractivity contribution in [3.63, 3.8) is 0 Å². The maximum Gasteiger partial charge on any atom is 0.242 e. The molecule has 0 heterocycles. The first-order valence-corrected chi connectivity index (χ1v) is 7.58. The number of nitrogens with one attached hydrogen (secondary N) is 1. The average molecular weight is 285 g/mol. The Morgan fingerprint density at radius 2 is 2.17 bits per heavy atom. The van der Waals surface area contributed by atoms with E-state index in [1.165, 1.54) is 24.6 Å². The summed E-state index contributed by atoms with van der Waals surface area (Å²) in [6, 6.07) is 6.09. The van der Waals surface area contributed by atoms with Gasteiger partial charge in [0.2, 0.25) is 10.0 Å². The van der Waals surface area contributed by atoms with Crippen molar-refractivity contribution in [3.8, 4) is 6.07 Å². The molecule has 96 valence electrons. The first-order chi connectivity index (χ1) is 8.53. The molecule has 18 heavy (non-hydrogen) atoms. The van der Waals surface area contributed by atoms with E-state index in [2.05, 4.69) is 4.72 Å². The van der Waals surface area contributed by atoms with Crippen LogP contribution in [0.5, 0.6) is 0 Å². The molecule has 1 saturated carbocycles. The Morgan fingerprint density at radius 3 is 2.67 bits per heavy atom. The lowest BCUT2D eigenvalue weighted by atomic mass is 9.86. The molecule has 1 N–H and O–H groups in total. The Balaban J connectivity index is 2.16. The van der Waals surface area contributed by atoms with Gasteiger partial charge in [-0.25, -0.2) is 13.1 Å². The van der Waals surface area contributed by atoms with Crippen LogP contribution >= 0.6 is 11.6 Å². The smallest absolute Gasteiger partial charge is 0.211 e. The summed E-state index contributed by atoms with van der Waals surface area (Å²) < 4.78 is 26.6. The van der Waals surface area contributed by atoms with Gasteiger partial charge in [-0.3, -0.25) is 0 Å². The van der Waals surface area contributed by atoms with Gasteiger partial charge in [0.05, 0.1) is 16.7 Å². The molecule has 1 aliphatic rings. The Kier molecular flexibility index (Phi) is 3.91. The maximum absolute atomic E-state index is 12.0. The van der Waals surface area contributed by atoms with Gasteiger partial charge in [-0.1, -0.05) is 18.0 Å². The molecular weight excluding hydrogens is 272 g/mol. The van der Waals surface area contributed by atoms with E-state index in [0.29, 0.717) is 18.0 Å². The van der Waals surface area contributed by atoms with Crippen LogP contribution in [0.4, 0.5) is 0 Å². The summed E-state index contributed by atoms with van der Waals surface area (Å²) in [6.45, 7) is 0.457.